The van der Waals surface area contributed by atoms with Gasteiger partial charge >= 0.3 is 0 Å². The van der Waals surface area contributed by atoms with Crippen LogP contribution in [0.1, 0.15) is 65.9 Å². The zero-order chi connectivity index (χ0) is 29.1. The highest BCUT2D eigenvalue weighted by molar-refractivity contribution is 5.94. The molecule has 0 radical (unpaired) electrons. The molecule has 1 atom stereocenters. The third-order valence-electron chi connectivity index (χ3n) is 8.38. The van der Waals surface area contributed by atoms with Crippen LogP contribution in [0.2, 0.25) is 0 Å². The number of benzene rings is 3. The van der Waals surface area contributed by atoms with Gasteiger partial charge in [-0.2, -0.15) is 0 Å². The van der Waals surface area contributed by atoms with E-state index in [-0.39, 0.29) is 18.1 Å². The van der Waals surface area contributed by atoms with Crippen LogP contribution in [0.5, 0.6) is 5.75 Å². The maximum Gasteiger partial charge on any atom is 0.251 e. The number of likely N-dealkylation sites (tertiary alicyclic amines) is 1. The topological polar surface area (TPSA) is 58.0 Å². The van der Waals surface area contributed by atoms with E-state index >= 15 is 0 Å². The number of hydrogen-bond acceptors (Lipinski definition) is 5. The van der Waals surface area contributed by atoms with Crippen LogP contribution in [-0.2, 0) is 0 Å². The average Bonchev–Trinajstić information content (AvgIpc) is 3.58. The molecule has 1 aliphatic heterocycles. The Morgan fingerprint density at radius 2 is 1.50 bits per heavy atom. The number of rotatable bonds is 13. The van der Waals surface area contributed by atoms with Crippen LogP contribution in [0, 0.1) is 0 Å². The molecule has 1 unspecified atom stereocenters. The third kappa shape index (κ3) is 7.69. The summed E-state index contributed by atoms with van der Waals surface area (Å²) in [4.78, 5) is 17.8. The normalized spacial score (nSPS) is 15.1. The predicted molar refractivity (Wildman–Crippen MR) is 168 cm³/mol. The smallest absolute Gasteiger partial charge is 0.251 e. The summed E-state index contributed by atoms with van der Waals surface area (Å²) < 4.78 is 12.0. The summed E-state index contributed by atoms with van der Waals surface area (Å²) in [6, 6.07) is 33.0. The van der Waals surface area contributed by atoms with E-state index < -0.39 is 0 Å². The number of likely N-dealkylation sites (N-methyl/N-ethyl adjacent to an activating group) is 1. The number of ether oxygens (including phenoxy) is 1. The van der Waals surface area contributed by atoms with Crippen molar-refractivity contribution in [2.24, 2.45) is 0 Å². The molecular formula is C36H43N3O3. The Bertz CT molecular complexity index is 1290. The van der Waals surface area contributed by atoms with Crippen LogP contribution in [-0.4, -0.2) is 61.1 Å². The minimum absolute atomic E-state index is 0.00286. The van der Waals surface area contributed by atoms with Crippen molar-refractivity contribution >= 4 is 5.91 Å². The van der Waals surface area contributed by atoms with Gasteiger partial charge in [-0.05, 0) is 73.5 Å². The lowest BCUT2D eigenvalue weighted by Crippen LogP contribution is -2.40. The molecule has 1 aliphatic rings. The second kappa shape index (κ2) is 14.9. The number of amides is 1. The number of hydrogen-bond donors (Lipinski definition) is 1. The molecule has 3 aromatic carbocycles. The van der Waals surface area contributed by atoms with Gasteiger partial charge in [0.05, 0.1) is 12.3 Å². The molecule has 0 bridgehead atoms. The van der Waals surface area contributed by atoms with Gasteiger partial charge in [0.1, 0.15) is 17.6 Å². The number of piperidine rings is 1. The Labute approximate surface area is 250 Å². The molecule has 5 rings (SSSR count). The van der Waals surface area contributed by atoms with Gasteiger partial charge in [0, 0.05) is 37.7 Å². The highest BCUT2D eigenvalue weighted by Crippen LogP contribution is 2.28. The third-order valence-corrected chi connectivity index (χ3v) is 8.38. The van der Waals surface area contributed by atoms with Crippen molar-refractivity contribution in [2.75, 3.05) is 39.3 Å². The van der Waals surface area contributed by atoms with Gasteiger partial charge in [0.25, 0.3) is 5.91 Å². The lowest BCUT2D eigenvalue weighted by molar-refractivity contribution is 0.0929. The lowest BCUT2D eigenvalue weighted by atomic mass is 9.90. The highest BCUT2D eigenvalue weighted by atomic mass is 16.5. The van der Waals surface area contributed by atoms with Crippen molar-refractivity contribution in [1.29, 1.82) is 0 Å². The molecule has 0 saturated carbocycles. The molecule has 1 aromatic heterocycles. The molecule has 1 amide bonds. The largest absolute Gasteiger partial charge is 0.490 e. The Hall–Kier alpha value is -3.87. The van der Waals surface area contributed by atoms with Gasteiger partial charge in [0.2, 0.25) is 0 Å². The van der Waals surface area contributed by atoms with E-state index in [1.165, 1.54) is 11.1 Å². The maximum atomic E-state index is 12.9. The first-order chi connectivity index (χ1) is 20.6. The van der Waals surface area contributed by atoms with E-state index in [2.05, 4.69) is 89.6 Å². The monoisotopic (exact) mass is 565 g/mol. The van der Waals surface area contributed by atoms with Crippen molar-refractivity contribution < 1.29 is 13.9 Å². The molecule has 220 valence electrons. The minimum Gasteiger partial charge on any atom is -0.490 e. The fourth-order valence-corrected chi connectivity index (χ4v) is 5.97. The van der Waals surface area contributed by atoms with Gasteiger partial charge in [-0.15, -0.1) is 0 Å². The number of carbonyl (C=O) groups is 1. The second-order valence-electron chi connectivity index (χ2n) is 11.0. The lowest BCUT2D eigenvalue weighted by Gasteiger charge is -2.34. The van der Waals surface area contributed by atoms with E-state index in [1.807, 2.05) is 36.4 Å². The quantitative estimate of drug-likeness (QED) is 0.194. The van der Waals surface area contributed by atoms with Crippen LogP contribution >= 0.6 is 0 Å². The Balaban J connectivity index is 1.12. The number of carbonyl (C=O) groups excluding carboxylic acids is 1. The average molecular weight is 566 g/mol. The van der Waals surface area contributed by atoms with Crippen molar-refractivity contribution in [3.63, 3.8) is 0 Å². The van der Waals surface area contributed by atoms with Gasteiger partial charge in [-0.1, -0.05) is 74.5 Å². The van der Waals surface area contributed by atoms with Gasteiger partial charge in [-0.25, -0.2) is 0 Å². The van der Waals surface area contributed by atoms with Crippen LogP contribution in [0.25, 0.3) is 0 Å². The summed E-state index contributed by atoms with van der Waals surface area (Å²) in [5, 5.41) is 3.09. The van der Waals surface area contributed by atoms with Gasteiger partial charge < -0.3 is 19.4 Å². The Morgan fingerprint density at radius 1 is 0.881 bits per heavy atom. The van der Waals surface area contributed by atoms with Gasteiger partial charge in [-0.3, -0.25) is 9.69 Å². The molecule has 42 heavy (non-hydrogen) atoms. The van der Waals surface area contributed by atoms with Crippen LogP contribution < -0.4 is 10.1 Å². The molecule has 4 aromatic rings. The number of furan rings is 1. The highest BCUT2D eigenvalue weighted by Gasteiger charge is 2.25. The Kier molecular flexibility index (Phi) is 10.5. The van der Waals surface area contributed by atoms with Crippen molar-refractivity contribution in [1.82, 2.24) is 15.1 Å². The molecule has 6 heteroatoms. The van der Waals surface area contributed by atoms with Crippen LogP contribution in [0.3, 0.4) is 0 Å². The van der Waals surface area contributed by atoms with Crippen molar-refractivity contribution in [3.8, 4) is 5.75 Å². The molecule has 1 saturated heterocycles. The minimum atomic E-state index is -0.0926. The van der Waals surface area contributed by atoms with Crippen LogP contribution in [0.15, 0.2) is 108 Å². The fourth-order valence-electron chi connectivity index (χ4n) is 5.97. The number of nitrogens with zero attached hydrogens (tertiary/aromatic N) is 2. The van der Waals surface area contributed by atoms with Crippen LogP contribution in [0.4, 0.5) is 0 Å². The zero-order valence-electron chi connectivity index (χ0n) is 24.8. The summed E-state index contributed by atoms with van der Waals surface area (Å²) in [5.74, 6) is 1.94. The number of nitrogens with one attached hydrogen (secondary N) is 1. The molecular weight excluding hydrogens is 522 g/mol. The summed E-state index contributed by atoms with van der Waals surface area (Å²) in [7, 11) is 0. The summed E-state index contributed by atoms with van der Waals surface area (Å²) in [6.45, 7) is 9.49. The van der Waals surface area contributed by atoms with E-state index in [0.717, 1.165) is 57.1 Å². The summed E-state index contributed by atoms with van der Waals surface area (Å²) in [5.41, 5.74) is 3.34. The second-order valence-corrected chi connectivity index (χ2v) is 11.0. The van der Waals surface area contributed by atoms with E-state index in [1.54, 1.807) is 6.26 Å². The van der Waals surface area contributed by atoms with E-state index in [9.17, 15) is 4.79 Å². The molecule has 1 fully saturated rings. The van der Waals surface area contributed by atoms with Crippen molar-refractivity contribution in [3.05, 3.63) is 126 Å². The first-order valence-electron chi connectivity index (χ1n) is 15.3. The predicted octanol–water partition coefficient (Wildman–Crippen LogP) is 6.77. The SMILES string of the molecule is CCN(CC)C(CNC(=O)c1ccc(OC2CCN(CC(c3ccccc3)c3ccccc3)CC2)cc1)c1ccco1. The first kappa shape index (κ1) is 29.6. The van der Waals surface area contributed by atoms with Crippen molar-refractivity contribution in [2.45, 2.75) is 44.8 Å². The fraction of sp³-hybridized carbons (Fsp3) is 0.361. The molecule has 1 N–H and O–H groups in total. The zero-order valence-corrected chi connectivity index (χ0v) is 24.8. The molecule has 0 spiro atoms. The summed E-state index contributed by atoms with van der Waals surface area (Å²) in [6.07, 6.45) is 3.83. The molecule has 2 heterocycles. The standard InChI is InChI=1S/C36H43N3O3/c1-3-39(4-2)34(35-16-11-25-41-35)26-37-36(40)30-17-19-31(20-18-30)42-32-21-23-38(24-22-32)27-33(28-12-7-5-8-13-28)29-14-9-6-10-15-29/h5-20,25,32-34H,3-4,21-24,26-27H2,1-2H3,(H,37,40). The Morgan fingerprint density at radius 3 is 2.05 bits per heavy atom. The molecule has 6 nitrogen and oxygen atoms in total. The van der Waals surface area contributed by atoms with Gasteiger partial charge in [0.15, 0.2) is 0 Å². The molecule has 0 aliphatic carbocycles. The summed E-state index contributed by atoms with van der Waals surface area (Å²) >= 11 is 0. The van der Waals surface area contributed by atoms with E-state index in [4.69, 9.17) is 9.15 Å². The first-order valence-corrected chi connectivity index (χ1v) is 15.3. The maximum absolute atomic E-state index is 12.9. The van der Waals surface area contributed by atoms with E-state index in [0.29, 0.717) is 18.0 Å².